The van der Waals surface area contributed by atoms with Crippen LogP contribution in [-0.4, -0.2) is 12.2 Å². The first-order valence-corrected chi connectivity index (χ1v) is 6.33. The third-order valence-corrected chi connectivity index (χ3v) is 2.93. The predicted octanol–water partition coefficient (Wildman–Crippen LogP) is 3.93. The SMILES string of the molecule is CCC(O)c1cc(Oc2ccccc2)ccc1OC. The van der Waals surface area contributed by atoms with E-state index in [4.69, 9.17) is 9.47 Å². The molecule has 1 N–H and O–H groups in total. The minimum Gasteiger partial charge on any atom is -0.496 e. The predicted molar refractivity (Wildman–Crippen MR) is 74.8 cm³/mol. The van der Waals surface area contributed by atoms with Crippen LogP contribution in [0.25, 0.3) is 0 Å². The fourth-order valence-electron chi connectivity index (χ4n) is 1.88. The molecule has 0 amide bonds. The zero-order valence-electron chi connectivity index (χ0n) is 11.2. The van der Waals surface area contributed by atoms with Gasteiger partial charge >= 0.3 is 0 Å². The van der Waals surface area contributed by atoms with Crippen molar-refractivity contribution in [2.75, 3.05) is 7.11 Å². The summed E-state index contributed by atoms with van der Waals surface area (Å²) in [7, 11) is 1.60. The highest BCUT2D eigenvalue weighted by Gasteiger charge is 2.13. The number of benzene rings is 2. The molecule has 3 heteroatoms. The second-order valence-electron chi connectivity index (χ2n) is 4.24. The van der Waals surface area contributed by atoms with Crippen molar-refractivity contribution >= 4 is 0 Å². The Balaban J connectivity index is 2.27. The van der Waals surface area contributed by atoms with Crippen LogP contribution in [0.3, 0.4) is 0 Å². The maximum absolute atomic E-state index is 10.00. The van der Waals surface area contributed by atoms with Gasteiger partial charge in [-0.25, -0.2) is 0 Å². The molecule has 2 aromatic rings. The topological polar surface area (TPSA) is 38.7 Å². The largest absolute Gasteiger partial charge is 0.496 e. The molecule has 0 fully saturated rings. The van der Waals surface area contributed by atoms with E-state index in [0.29, 0.717) is 17.9 Å². The highest BCUT2D eigenvalue weighted by atomic mass is 16.5. The molecule has 0 bridgehead atoms. The first-order valence-electron chi connectivity index (χ1n) is 6.33. The van der Waals surface area contributed by atoms with E-state index in [9.17, 15) is 5.11 Å². The van der Waals surface area contributed by atoms with Gasteiger partial charge in [-0.05, 0) is 36.8 Å². The van der Waals surface area contributed by atoms with Crippen LogP contribution in [-0.2, 0) is 0 Å². The second-order valence-corrected chi connectivity index (χ2v) is 4.24. The van der Waals surface area contributed by atoms with Crippen molar-refractivity contribution in [1.82, 2.24) is 0 Å². The van der Waals surface area contributed by atoms with Crippen molar-refractivity contribution in [1.29, 1.82) is 0 Å². The monoisotopic (exact) mass is 258 g/mol. The van der Waals surface area contributed by atoms with Crippen LogP contribution in [0.5, 0.6) is 17.2 Å². The molecule has 0 aliphatic heterocycles. The first kappa shape index (κ1) is 13.4. The maximum atomic E-state index is 10.00. The summed E-state index contributed by atoms with van der Waals surface area (Å²) in [5.74, 6) is 2.13. The summed E-state index contributed by atoms with van der Waals surface area (Å²) in [5.41, 5.74) is 0.749. The molecule has 0 saturated heterocycles. The minimum atomic E-state index is -0.547. The fraction of sp³-hybridized carbons (Fsp3) is 0.250. The lowest BCUT2D eigenvalue weighted by Gasteiger charge is -2.15. The van der Waals surface area contributed by atoms with Gasteiger partial charge in [0.2, 0.25) is 0 Å². The van der Waals surface area contributed by atoms with E-state index in [-0.39, 0.29) is 0 Å². The van der Waals surface area contributed by atoms with Crippen molar-refractivity contribution in [2.45, 2.75) is 19.4 Å². The van der Waals surface area contributed by atoms with Crippen LogP contribution in [0.4, 0.5) is 0 Å². The van der Waals surface area contributed by atoms with Gasteiger partial charge < -0.3 is 14.6 Å². The molecule has 100 valence electrons. The Hall–Kier alpha value is -2.00. The molecule has 2 rings (SSSR count). The van der Waals surface area contributed by atoms with Crippen LogP contribution >= 0.6 is 0 Å². The lowest BCUT2D eigenvalue weighted by molar-refractivity contribution is 0.169. The summed E-state index contributed by atoms with van der Waals surface area (Å²) < 4.78 is 11.0. The van der Waals surface area contributed by atoms with E-state index < -0.39 is 6.10 Å². The summed E-state index contributed by atoms with van der Waals surface area (Å²) in [6.45, 7) is 1.93. The van der Waals surface area contributed by atoms with Gasteiger partial charge in [-0.2, -0.15) is 0 Å². The van der Waals surface area contributed by atoms with Crippen molar-refractivity contribution < 1.29 is 14.6 Å². The van der Waals surface area contributed by atoms with E-state index in [1.165, 1.54) is 0 Å². The lowest BCUT2D eigenvalue weighted by atomic mass is 10.1. The Morgan fingerprint density at radius 1 is 1.05 bits per heavy atom. The number of hydrogen-bond donors (Lipinski definition) is 1. The molecule has 0 heterocycles. The quantitative estimate of drug-likeness (QED) is 0.883. The summed E-state index contributed by atoms with van der Waals surface area (Å²) in [6, 6.07) is 15.0. The summed E-state index contributed by atoms with van der Waals surface area (Å²) in [4.78, 5) is 0. The maximum Gasteiger partial charge on any atom is 0.128 e. The van der Waals surface area contributed by atoms with Gasteiger partial charge in [-0.3, -0.25) is 0 Å². The van der Waals surface area contributed by atoms with Crippen LogP contribution in [0.2, 0.25) is 0 Å². The molecule has 1 atom stereocenters. The van der Waals surface area contributed by atoms with Crippen LogP contribution in [0.15, 0.2) is 48.5 Å². The van der Waals surface area contributed by atoms with E-state index in [1.807, 2.05) is 55.5 Å². The van der Waals surface area contributed by atoms with E-state index >= 15 is 0 Å². The molecule has 0 aliphatic carbocycles. The molecule has 0 spiro atoms. The van der Waals surface area contributed by atoms with Gasteiger partial charge in [0.25, 0.3) is 0 Å². The van der Waals surface area contributed by atoms with Gasteiger partial charge in [-0.15, -0.1) is 0 Å². The van der Waals surface area contributed by atoms with Crippen molar-refractivity contribution in [3.05, 3.63) is 54.1 Å². The molecule has 2 aromatic carbocycles. The van der Waals surface area contributed by atoms with Crippen molar-refractivity contribution in [3.63, 3.8) is 0 Å². The molecule has 0 aromatic heterocycles. The molecule has 3 nitrogen and oxygen atoms in total. The Kier molecular flexibility index (Phi) is 4.42. The zero-order chi connectivity index (χ0) is 13.7. The number of ether oxygens (including phenoxy) is 2. The number of hydrogen-bond acceptors (Lipinski definition) is 3. The van der Waals surface area contributed by atoms with Gasteiger partial charge in [-0.1, -0.05) is 25.1 Å². The third-order valence-electron chi connectivity index (χ3n) is 2.93. The van der Waals surface area contributed by atoms with Crippen molar-refractivity contribution in [3.8, 4) is 17.2 Å². The van der Waals surface area contributed by atoms with Crippen LogP contribution < -0.4 is 9.47 Å². The van der Waals surface area contributed by atoms with E-state index in [0.717, 1.165) is 11.3 Å². The number of aliphatic hydroxyl groups excluding tert-OH is 1. The zero-order valence-corrected chi connectivity index (χ0v) is 11.2. The Morgan fingerprint density at radius 3 is 2.42 bits per heavy atom. The lowest BCUT2D eigenvalue weighted by Crippen LogP contribution is -1.99. The molecule has 0 aliphatic rings. The van der Waals surface area contributed by atoms with Gasteiger partial charge in [0.15, 0.2) is 0 Å². The number of aliphatic hydroxyl groups is 1. The van der Waals surface area contributed by atoms with Gasteiger partial charge in [0.05, 0.1) is 13.2 Å². The third kappa shape index (κ3) is 3.26. The summed E-state index contributed by atoms with van der Waals surface area (Å²) in [6.07, 6.45) is 0.0831. The average molecular weight is 258 g/mol. The second kappa shape index (κ2) is 6.25. The highest BCUT2D eigenvalue weighted by molar-refractivity contribution is 5.43. The van der Waals surface area contributed by atoms with Crippen LogP contribution in [0.1, 0.15) is 25.0 Å². The highest BCUT2D eigenvalue weighted by Crippen LogP contribution is 2.32. The van der Waals surface area contributed by atoms with E-state index in [1.54, 1.807) is 7.11 Å². The Bertz CT molecular complexity index is 523. The molecular weight excluding hydrogens is 240 g/mol. The smallest absolute Gasteiger partial charge is 0.128 e. The first-order chi connectivity index (χ1) is 9.24. The molecule has 0 saturated carbocycles. The summed E-state index contributed by atoms with van der Waals surface area (Å²) >= 11 is 0. The minimum absolute atomic E-state index is 0.547. The average Bonchev–Trinajstić information content (AvgIpc) is 2.47. The van der Waals surface area contributed by atoms with Gasteiger partial charge in [0.1, 0.15) is 17.2 Å². The number of rotatable bonds is 5. The van der Waals surface area contributed by atoms with E-state index in [2.05, 4.69) is 0 Å². The van der Waals surface area contributed by atoms with Crippen molar-refractivity contribution in [2.24, 2.45) is 0 Å². The molecular formula is C16H18O3. The normalized spacial score (nSPS) is 11.9. The standard InChI is InChI=1S/C16H18O3/c1-3-15(17)14-11-13(9-10-16(14)18-2)19-12-7-5-4-6-8-12/h4-11,15,17H,3H2,1-2H3. The molecule has 1 unspecified atom stereocenters. The molecule has 19 heavy (non-hydrogen) atoms. The van der Waals surface area contributed by atoms with Crippen LogP contribution in [0, 0.1) is 0 Å². The Morgan fingerprint density at radius 2 is 1.79 bits per heavy atom. The molecule has 0 radical (unpaired) electrons. The fourth-order valence-corrected chi connectivity index (χ4v) is 1.88. The Labute approximate surface area is 113 Å². The number of methoxy groups -OCH3 is 1. The number of para-hydroxylation sites is 1. The van der Waals surface area contributed by atoms with Gasteiger partial charge in [0, 0.05) is 5.56 Å². The summed E-state index contributed by atoms with van der Waals surface area (Å²) in [5, 5.41) is 10.00.